The lowest BCUT2D eigenvalue weighted by Crippen LogP contribution is -2.10. The Morgan fingerprint density at radius 1 is 1.12 bits per heavy atom. The van der Waals surface area contributed by atoms with Crippen LogP contribution in [0.1, 0.15) is 5.56 Å². The van der Waals surface area contributed by atoms with Gasteiger partial charge in [0, 0.05) is 26.4 Å². The molecule has 0 unspecified atom stereocenters. The second-order valence-electron chi connectivity index (χ2n) is 6.07. The second kappa shape index (κ2) is 5.57. The van der Waals surface area contributed by atoms with Gasteiger partial charge in [0.2, 0.25) is 0 Å². The van der Waals surface area contributed by atoms with Gasteiger partial charge in [-0.2, -0.15) is 0 Å². The van der Waals surface area contributed by atoms with Gasteiger partial charge in [0.15, 0.2) is 5.52 Å². The Morgan fingerprint density at radius 3 is 2.85 bits per heavy atom. The van der Waals surface area contributed by atoms with Crippen molar-refractivity contribution in [1.82, 2.24) is 4.98 Å². The van der Waals surface area contributed by atoms with Crippen LogP contribution < -0.4 is 15.1 Å². The Balaban J connectivity index is 1.88. The molecule has 1 aliphatic rings. The molecule has 2 aromatic heterocycles. The fourth-order valence-electron chi connectivity index (χ4n) is 3.31. The molecule has 4 aromatic rings. The maximum absolute atomic E-state index is 12.5. The highest BCUT2D eigenvalue weighted by Gasteiger charge is 2.22. The van der Waals surface area contributed by atoms with Crippen molar-refractivity contribution in [1.29, 1.82) is 0 Å². The van der Waals surface area contributed by atoms with Gasteiger partial charge in [-0.3, -0.25) is 0 Å². The molecule has 0 N–H and O–H groups in total. The topological polar surface area (TPSA) is 61.6 Å². The van der Waals surface area contributed by atoms with Crippen molar-refractivity contribution < 1.29 is 13.9 Å². The normalized spacial score (nSPS) is 12.5. The summed E-state index contributed by atoms with van der Waals surface area (Å²) in [6.45, 7) is 0.401. The van der Waals surface area contributed by atoms with Crippen molar-refractivity contribution in [3.63, 3.8) is 0 Å². The van der Waals surface area contributed by atoms with E-state index < -0.39 is 5.63 Å². The summed E-state index contributed by atoms with van der Waals surface area (Å²) in [7, 11) is 1.60. The molecular formula is C20H12BrNO4. The van der Waals surface area contributed by atoms with Crippen LogP contribution in [0.25, 0.3) is 33.1 Å². The van der Waals surface area contributed by atoms with Crippen molar-refractivity contribution in [2.75, 3.05) is 7.11 Å². The molecule has 0 saturated heterocycles. The number of nitrogens with zero attached hydrogens (tertiary/aromatic N) is 1. The predicted molar refractivity (Wildman–Crippen MR) is 102 cm³/mol. The number of methoxy groups -OCH3 is 1. The minimum absolute atomic E-state index is 0.303. The molecule has 0 aliphatic carbocycles. The van der Waals surface area contributed by atoms with Crippen LogP contribution in [0.3, 0.4) is 0 Å². The van der Waals surface area contributed by atoms with Gasteiger partial charge in [0.05, 0.1) is 12.8 Å². The van der Waals surface area contributed by atoms with Crippen LogP contribution in [0.5, 0.6) is 11.5 Å². The summed E-state index contributed by atoms with van der Waals surface area (Å²) in [5.74, 6) is 1.44. The van der Waals surface area contributed by atoms with Crippen LogP contribution in [0.4, 0.5) is 0 Å². The molecule has 26 heavy (non-hydrogen) atoms. The fraction of sp³-hybridized carbons (Fsp3) is 0.100. The zero-order chi connectivity index (χ0) is 17.8. The largest absolute Gasteiger partial charge is 0.497 e. The first-order valence-corrected chi connectivity index (χ1v) is 8.80. The van der Waals surface area contributed by atoms with Gasteiger partial charge in [0.1, 0.15) is 23.7 Å². The highest BCUT2D eigenvalue weighted by Crippen LogP contribution is 2.39. The van der Waals surface area contributed by atoms with E-state index in [1.165, 1.54) is 0 Å². The van der Waals surface area contributed by atoms with Crippen LogP contribution in [0, 0.1) is 0 Å². The average molecular weight is 410 g/mol. The lowest BCUT2D eigenvalue weighted by atomic mass is 10.00. The summed E-state index contributed by atoms with van der Waals surface area (Å²) >= 11 is 3.48. The van der Waals surface area contributed by atoms with Crippen molar-refractivity contribution in [2.24, 2.45) is 0 Å². The summed E-state index contributed by atoms with van der Waals surface area (Å²) in [4.78, 5) is 17.2. The monoisotopic (exact) mass is 409 g/mol. The third kappa shape index (κ3) is 2.22. The van der Waals surface area contributed by atoms with E-state index in [1.807, 2.05) is 30.3 Å². The van der Waals surface area contributed by atoms with Gasteiger partial charge < -0.3 is 13.9 Å². The predicted octanol–water partition coefficient (Wildman–Crippen LogP) is 4.67. The van der Waals surface area contributed by atoms with E-state index in [0.29, 0.717) is 23.5 Å². The van der Waals surface area contributed by atoms with Crippen molar-refractivity contribution in [3.05, 3.63) is 62.9 Å². The molecule has 2 aromatic carbocycles. The number of aromatic nitrogens is 1. The molecule has 0 bridgehead atoms. The highest BCUT2D eigenvalue weighted by atomic mass is 79.9. The number of pyridine rings is 1. The standard InChI is InChI=1S/C20H12BrNO4/c1-24-12-3-5-17-13(8-12)14-6-10-9-25-16-4-2-11(21)7-15(16)18(10)22-19(14)20(23)26-17/h2-8H,9H2,1H3. The molecule has 5 nitrogen and oxygen atoms in total. The van der Waals surface area contributed by atoms with Gasteiger partial charge in [-0.15, -0.1) is 0 Å². The molecule has 0 atom stereocenters. The number of rotatable bonds is 1. The first-order valence-electron chi connectivity index (χ1n) is 8.01. The van der Waals surface area contributed by atoms with E-state index in [9.17, 15) is 4.79 Å². The quantitative estimate of drug-likeness (QED) is 0.337. The number of hydrogen-bond donors (Lipinski definition) is 0. The van der Waals surface area contributed by atoms with Gasteiger partial charge in [-0.05, 0) is 42.5 Å². The van der Waals surface area contributed by atoms with Crippen molar-refractivity contribution in [3.8, 4) is 22.8 Å². The molecule has 3 heterocycles. The number of halogens is 1. The first-order chi connectivity index (χ1) is 12.6. The Hall–Kier alpha value is -2.86. The molecule has 5 rings (SSSR count). The lowest BCUT2D eigenvalue weighted by Gasteiger charge is -2.20. The Bertz CT molecular complexity index is 1260. The Kier molecular flexibility index (Phi) is 3.30. The van der Waals surface area contributed by atoms with Gasteiger partial charge in [0.25, 0.3) is 0 Å². The molecule has 0 fully saturated rings. The van der Waals surface area contributed by atoms with Gasteiger partial charge in [-0.1, -0.05) is 15.9 Å². The molecule has 0 radical (unpaired) electrons. The summed E-state index contributed by atoms with van der Waals surface area (Å²) in [5, 5.41) is 1.52. The Labute approximate surface area is 156 Å². The van der Waals surface area contributed by atoms with E-state index in [-0.39, 0.29) is 0 Å². The maximum atomic E-state index is 12.5. The molecule has 128 valence electrons. The fourth-order valence-corrected chi connectivity index (χ4v) is 3.67. The Morgan fingerprint density at radius 2 is 2.00 bits per heavy atom. The van der Waals surface area contributed by atoms with Crippen LogP contribution in [0.2, 0.25) is 0 Å². The minimum atomic E-state index is -0.455. The number of hydrogen-bond acceptors (Lipinski definition) is 5. The zero-order valence-corrected chi connectivity index (χ0v) is 15.3. The van der Waals surface area contributed by atoms with E-state index >= 15 is 0 Å². The van der Waals surface area contributed by atoms with Gasteiger partial charge in [-0.25, -0.2) is 9.78 Å². The van der Waals surface area contributed by atoms with E-state index in [4.69, 9.17) is 13.9 Å². The number of fused-ring (bicyclic) bond motifs is 6. The summed E-state index contributed by atoms with van der Waals surface area (Å²) < 4.78 is 17.5. The second-order valence-corrected chi connectivity index (χ2v) is 6.99. The summed E-state index contributed by atoms with van der Waals surface area (Å²) in [5.41, 5.74) is 2.88. The molecule has 6 heteroatoms. The number of benzene rings is 2. The van der Waals surface area contributed by atoms with Crippen LogP contribution in [0.15, 0.2) is 56.1 Å². The number of ether oxygens (including phenoxy) is 2. The third-order valence-electron chi connectivity index (χ3n) is 4.55. The smallest absolute Gasteiger partial charge is 0.363 e. The molecule has 1 aliphatic heterocycles. The van der Waals surface area contributed by atoms with E-state index in [0.717, 1.165) is 37.8 Å². The molecular weight excluding hydrogens is 398 g/mol. The molecule has 0 saturated carbocycles. The summed E-state index contributed by atoms with van der Waals surface area (Å²) in [6.07, 6.45) is 0. The van der Waals surface area contributed by atoms with Gasteiger partial charge >= 0.3 is 5.63 Å². The maximum Gasteiger partial charge on any atom is 0.363 e. The van der Waals surface area contributed by atoms with E-state index in [1.54, 1.807) is 19.2 Å². The first kappa shape index (κ1) is 15.4. The van der Waals surface area contributed by atoms with Crippen LogP contribution in [-0.2, 0) is 6.61 Å². The SMILES string of the molecule is COc1ccc2oc(=O)c3nc4c(cc3c2c1)COc1ccc(Br)cc1-4. The minimum Gasteiger partial charge on any atom is -0.497 e. The van der Waals surface area contributed by atoms with Crippen LogP contribution in [-0.4, -0.2) is 12.1 Å². The average Bonchev–Trinajstić information content (AvgIpc) is 2.66. The highest BCUT2D eigenvalue weighted by molar-refractivity contribution is 9.10. The van der Waals surface area contributed by atoms with Crippen molar-refractivity contribution >= 4 is 37.8 Å². The molecule has 0 amide bonds. The van der Waals surface area contributed by atoms with Crippen LogP contribution >= 0.6 is 15.9 Å². The molecule has 0 spiro atoms. The summed E-state index contributed by atoms with van der Waals surface area (Å²) in [6, 6.07) is 13.1. The van der Waals surface area contributed by atoms with Crippen molar-refractivity contribution in [2.45, 2.75) is 6.61 Å². The van der Waals surface area contributed by atoms with E-state index in [2.05, 4.69) is 20.9 Å². The lowest BCUT2D eigenvalue weighted by molar-refractivity contribution is 0.301. The third-order valence-corrected chi connectivity index (χ3v) is 5.05. The zero-order valence-electron chi connectivity index (χ0n) is 13.7.